The molecule has 2 aliphatic carbocycles. The van der Waals surface area contributed by atoms with Gasteiger partial charge in [-0.1, -0.05) is 48.8 Å². The monoisotopic (exact) mass is 1100 g/mol. The van der Waals surface area contributed by atoms with E-state index >= 15 is 0 Å². The zero-order valence-corrected chi connectivity index (χ0v) is 45.5. The van der Waals surface area contributed by atoms with Crippen LogP contribution in [-0.4, -0.2) is 73.8 Å². The fourth-order valence-electron chi connectivity index (χ4n) is 9.28. The maximum absolute atomic E-state index is 13.7. The number of esters is 6. The van der Waals surface area contributed by atoms with Crippen molar-refractivity contribution in [1.29, 1.82) is 0 Å². The lowest BCUT2D eigenvalue weighted by Gasteiger charge is -2.26. The average molecular weight is 1100 g/mol. The summed E-state index contributed by atoms with van der Waals surface area (Å²) in [6.07, 6.45) is 13.6. The number of rotatable bonds is 31. The minimum Gasteiger partial charge on any atom is -0.494 e. The number of nitrogens with zero attached hydrogens (tertiary/aromatic N) is 1. The first-order valence-corrected chi connectivity index (χ1v) is 28.2. The molecule has 79 heavy (non-hydrogen) atoms. The second-order valence-electron chi connectivity index (χ2n) is 19.5. The summed E-state index contributed by atoms with van der Waals surface area (Å²) in [4.78, 5) is 80.4. The van der Waals surface area contributed by atoms with Gasteiger partial charge < -0.3 is 37.9 Å². The number of para-hydroxylation sites is 1. The van der Waals surface area contributed by atoms with Crippen LogP contribution in [0, 0.1) is 23.7 Å². The van der Waals surface area contributed by atoms with Crippen LogP contribution in [-0.2, 0) is 49.4 Å². The largest absolute Gasteiger partial charge is 0.494 e. The number of carbonyl (C=O) groups excluding carboxylic acids is 6. The molecule has 0 bridgehead atoms. The standard InChI is InChI=1S/C61H71N3O14S/c1-3-53(65)73-39-14-7-5-12-37-71-48-27-31-50(32-28-48)76-58(68)44-20-18-43(19-21-44)57(67)75-41-36-42-26-35-52(55-56(42)79-61(62-55)64-63-47-16-10-9-11-17-47)78-60(70)46-24-22-45(23-25-46)59(69)77-51-33-29-49(30-34-51)72-38-13-6-8-15-40-74-54(66)4-2/h3-4,9-11,16-17,26-35,43-46,63H,1-2,5-8,12-15,18-25,36-41H2,(H,62,64). The number of anilines is 2. The third kappa shape index (κ3) is 19.3. The lowest BCUT2D eigenvalue weighted by molar-refractivity contribution is -0.152. The van der Waals surface area contributed by atoms with Crippen molar-refractivity contribution in [3.8, 4) is 28.7 Å². The topological polar surface area (TPSA) is 213 Å². The summed E-state index contributed by atoms with van der Waals surface area (Å²) in [7, 11) is 0. The molecule has 0 radical (unpaired) electrons. The van der Waals surface area contributed by atoms with Crippen molar-refractivity contribution in [3.05, 3.63) is 122 Å². The zero-order chi connectivity index (χ0) is 55.6. The molecule has 0 aliphatic heterocycles. The highest BCUT2D eigenvalue weighted by atomic mass is 32.1. The molecule has 420 valence electrons. The van der Waals surface area contributed by atoms with E-state index in [-0.39, 0.29) is 42.3 Å². The van der Waals surface area contributed by atoms with Gasteiger partial charge in [0.2, 0.25) is 5.13 Å². The Morgan fingerprint density at radius 1 is 0.481 bits per heavy atom. The highest BCUT2D eigenvalue weighted by Crippen LogP contribution is 2.38. The van der Waals surface area contributed by atoms with Crippen molar-refractivity contribution in [2.75, 3.05) is 43.9 Å². The van der Waals surface area contributed by atoms with Gasteiger partial charge in [0, 0.05) is 18.6 Å². The molecule has 1 heterocycles. The predicted octanol–water partition coefficient (Wildman–Crippen LogP) is 11.9. The predicted molar refractivity (Wildman–Crippen MR) is 299 cm³/mol. The molecule has 4 aromatic carbocycles. The lowest BCUT2D eigenvalue weighted by atomic mass is 9.82. The first kappa shape index (κ1) is 58.9. The van der Waals surface area contributed by atoms with Crippen LogP contribution in [0.3, 0.4) is 0 Å². The number of aromatic nitrogens is 1. The van der Waals surface area contributed by atoms with Gasteiger partial charge in [0.15, 0.2) is 5.75 Å². The van der Waals surface area contributed by atoms with Crippen LogP contribution in [0.15, 0.2) is 116 Å². The Hall–Kier alpha value is -7.73. The summed E-state index contributed by atoms with van der Waals surface area (Å²) in [5, 5.41) is 0.540. The van der Waals surface area contributed by atoms with Crippen LogP contribution in [0.2, 0.25) is 0 Å². The Balaban J connectivity index is 0.828. The normalized spacial score (nSPS) is 16.8. The van der Waals surface area contributed by atoms with Crippen LogP contribution in [0.25, 0.3) is 10.2 Å². The smallest absolute Gasteiger partial charge is 0.330 e. The van der Waals surface area contributed by atoms with Gasteiger partial charge in [0.05, 0.1) is 67.1 Å². The van der Waals surface area contributed by atoms with Gasteiger partial charge in [0.25, 0.3) is 0 Å². The number of hydrogen-bond acceptors (Lipinski definition) is 18. The summed E-state index contributed by atoms with van der Waals surface area (Å²) >= 11 is 1.38. The first-order chi connectivity index (χ1) is 38.5. The number of hydrogen-bond donors (Lipinski definition) is 2. The van der Waals surface area contributed by atoms with E-state index in [9.17, 15) is 28.8 Å². The van der Waals surface area contributed by atoms with Gasteiger partial charge in [-0.2, -0.15) is 0 Å². The van der Waals surface area contributed by atoms with Crippen LogP contribution < -0.4 is 34.5 Å². The Morgan fingerprint density at radius 3 is 1.41 bits per heavy atom. The molecule has 2 N–H and O–H groups in total. The van der Waals surface area contributed by atoms with Crippen molar-refractivity contribution in [2.45, 2.75) is 109 Å². The summed E-state index contributed by atoms with van der Waals surface area (Å²) in [6, 6.07) is 27.1. The van der Waals surface area contributed by atoms with E-state index in [1.165, 1.54) is 11.3 Å². The van der Waals surface area contributed by atoms with E-state index in [4.69, 9.17) is 42.9 Å². The van der Waals surface area contributed by atoms with Gasteiger partial charge in [-0.25, -0.2) is 14.6 Å². The number of ether oxygens (including phenoxy) is 8. The molecule has 0 atom stereocenters. The molecule has 1 aromatic heterocycles. The van der Waals surface area contributed by atoms with Gasteiger partial charge in [0.1, 0.15) is 28.5 Å². The summed E-state index contributed by atoms with van der Waals surface area (Å²) < 4.78 is 45.7. The average Bonchev–Trinajstić information content (AvgIpc) is 4.01. The zero-order valence-electron chi connectivity index (χ0n) is 44.7. The van der Waals surface area contributed by atoms with E-state index in [2.05, 4.69) is 24.0 Å². The Kier molecular flexibility index (Phi) is 23.6. The van der Waals surface area contributed by atoms with E-state index in [0.717, 1.165) is 79.5 Å². The third-order valence-corrected chi connectivity index (χ3v) is 14.9. The second-order valence-corrected chi connectivity index (χ2v) is 20.5. The van der Waals surface area contributed by atoms with Gasteiger partial charge >= 0.3 is 35.8 Å². The van der Waals surface area contributed by atoms with Gasteiger partial charge in [-0.05, 0) is 175 Å². The number of fused-ring (bicyclic) bond motifs is 1. The molecule has 0 spiro atoms. The summed E-state index contributed by atoms with van der Waals surface area (Å²) in [6.45, 7) is 8.73. The number of benzene rings is 4. The van der Waals surface area contributed by atoms with Crippen molar-refractivity contribution < 1.29 is 66.7 Å². The fourth-order valence-corrected chi connectivity index (χ4v) is 10.3. The highest BCUT2D eigenvalue weighted by Gasteiger charge is 2.34. The van der Waals surface area contributed by atoms with Crippen LogP contribution in [0.4, 0.5) is 10.8 Å². The van der Waals surface area contributed by atoms with E-state index < -0.39 is 23.8 Å². The molecule has 0 amide bonds. The number of unbranched alkanes of at least 4 members (excludes halogenated alkanes) is 6. The maximum atomic E-state index is 13.7. The molecule has 5 aromatic rings. The van der Waals surface area contributed by atoms with Crippen molar-refractivity contribution >= 4 is 68.2 Å². The van der Waals surface area contributed by atoms with Crippen LogP contribution in [0.1, 0.15) is 108 Å². The summed E-state index contributed by atoms with van der Waals surface area (Å²) in [5.74, 6) is -1.10. The van der Waals surface area contributed by atoms with Crippen molar-refractivity contribution in [1.82, 2.24) is 4.98 Å². The van der Waals surface area contributed by atoms with E-state index in [1.807, 2.05) is 36.4 Å². The van der Waals surface area contributed by atoms with Crippen molar-refractivity contribution in [2.24, 2.45) is 23.7 Å². The first-order valence-electron chi connectivity index (χ1n) is 27.4. The fraction of sp³-hybridized carbons (Fsp3) is 0.426. The Labute approximate surface area is 465 Å². The molecular formula is C61H71N3O14S. The van der Waals surface area contributed by atoms with Crippen LogP contribution in [0.5, 0.6) is 28.7 Å². The minimum absolute atomic E-state index is 0.124. The van der Waals surface area contributed by atoms with Crippen molar-refractivity contribution in [3.63, 3.8) is 0 Å². The van der Waals surface area contributed by atoms with Gasteiger partial charge in [-0.15, -0.1) is 0 Å². The lowest BCUT2D eigenvalue weighted by Crippen LogP contribution is -2.30. The third-order valence-electron chi connectivity index (χ3n) is 13.8. The minimum atomic E-state index is -0.415. The molecule has 2 fully saturated rings. The number of hydrazine groups is 1. The SMILES string of the molecule is C=CC(=O)OCCCCCCOc1ccc(OC(=O)C2CCC(C(=O)OCCc3ccc(OC(=O)C4CCC(C(=O)Oc5ccc(OCCCCCCOC(=O)C=C)cc5)CC4)c4nc(NNc5ccccc5)sc34)CC2)cc1. The Morgan fingerprint density at radius 2 is 0.924 bits per heavy atom. The van der Waals surface area contributed by atoms with E-state index in [0.29, 0.717) is 124 Å². The molecule has 2 saturated carbocycles. The quantitative estimate of drug-likeness (QED) is 0.0105. The number of nitrogens with one attached hydrogen (secondary N) is 2. The van der Waals surface area contributed by atoms with E-state index in [1.54, 1.807) is 54.6 Å². The molecular weight excluding hydrogens is 1030 g/mol. The summed E-state index contributed by atoms with van der Waals surface area (Å²) in [5.41, 5.74) is 8.51. The second kappa shape index (κ2) is 31.6. The molecule has 2 aliphatic rings. The number of thiazole rings is 1. The maximum Gasteiger partial charge on any atom is 0.330 e. The Bertz CT molecular complexity index is 2790. The number of carbonyl (C=O) groups is 6. The molecule has 0 unspecified atom stereocenters. The highest BCUT2D eigenvalue weighted by molar-refractivity contribution is 7.22. The molecule has 17 nitrogen and oxygen atoms in total. The van der Waals surface area contributed by atoms with Gasteiger partial charge in [-0.3, -0.25) is 30.0 Å². The van der Waals surface area contributed by atoms with Crippen LogP contribution >= 0.6 is 11.3 Å². The molecule has 7 rings (SSSR count). The molecule has 0 saturated heterocycles. The molecule has 18 heteroatoms.